The van der Waals surface area contributed by atoms with Gasteiger partial charge in [0.1, 0.15) is 0 Å². The second-order valence-electron chi connectivity index (χ2n) is 7.04. The Morgan fingerprint density at radius 2 is 1.71 bits per heavy atom. The number of Topliss-reactive ketones (excluding diaryl/α,β-unsaturated/α-hetero) is 1. The van der Waals surface area contributed by atoms with Crippen LogP contribution >= 0.6 is 11.6 Å². The van der Waals surface area contributed by atoms with Crippen LogP contribution in [0.2, 0.25) is 5.02 Å². The van der Waals surface area contributed by atoms with Crippen molar-refractivity contribution in [3.8, 4) is 5.69 Å². The molecule has 0 saturated carbocycles. The maximum Gasteiger partial charge on any atom is 0.380 e. The maximum atomic E-state index is 12.6. The van der Waals surface area contributed by atoms with Crippen LogP contribution in [0.3, 0.4) is 0 Å². The van der Waals surface area contributed by atoms with Gasteiger partial charge in [0.05, 0.1) is 28.7 Å². The molecular formula is C23H22ClN3O4. The first-order valence-corrected chi connectivity index (χ1v) is 10.0. The minimum Gasteiger partial charge on any atom is -0.450 e. The number of aryl methyl sites for hydroxylation is 1. The van der Waals surface area contributed by atoms with Gasteiger partial charge in [-0.15, -0.1) is 0 Å². The molecule has 8 heteroatoms. The average molecular weight is 440 g/mol. The summed E-state index contributed by atoms with van der Waals surface area (Å²) in [5, 5.41) is 7.66. The molecule has 0 aliphatic carbocycles. The zero-order valence-corrected chi connectivity index (χ0v) is 18.1. The van der Waals surface area contributed by atoms with Crippen LogP contribution in [0.1, 0.15) is 40.3 Å². The first-order valence-electron chi connectivity index (χ1n) is 9.66. The summed E-state index contributed by atoms with van der Waals surface area (Å²) in [6.45, 7) is 4.58. The Morgan fingerprint density at radius 3 is 2.35 bits per heavy atom. The Balaban J connectivity index is 1.62. The number of aromatic nitrogens is 2. The standard InChI is InChI=1S/C23H22ClN3O4/c1-14(17-9-11-18(24)12-10-17)25-20(28)13-31-23(30)22(29)21-15(2)26-27(16(21)3)19-7-5-4-6-8-19/h4-12,14H,13H2,1-3H3,(H,25,28). The average Bonchev–Trinajstić information content (AvgIpc) is 3.06. The molecule has 160 valence electrons. The molecule has 0 aliphatic heterocycles. The summed E-state index contributed by atoms with van der Waals surface area (Å²) in [7, 11) is 0. The topological polar surface area (TPSA) is 90.3 Å². The lowest BCUT2D eigenvalue weighted by Crippen LogP contribution is -2.32. The molecule has 0 spiro atoms. The van der Waals surface area contributed by atoms with Gasteiger partial charge in [0.15, 0.2) is 6.61 Å². The van der Waals surface area contributed by atoms with E-state index in [-0.39, 0.29) is 11.6 Å². The van der Waals surface area contributed by atoms with Gasteiger partial charge in [-0.25, -0.2) is 9.48 Å². The Hall–Kier alpha value is -3.45. The molecule has 3 aromatic rings. The fourth-order valence-electron chi connectivity index (χ4n) is 3.21. The first-order chi connectivity index (χ1) is 14.8. The Morgan fingerprint density at radius 1 is 1.06 bits per heavy atom. The molecule has 0 aliphatic rings. The van der Waals surface area contributed by atoms with Gasteiger partial charge in [0.2, 0.25) is 0 Å². The summed E-state index contributed by atoms with van der Waals surface area (Å²) in [5.74, 6) is -2.46. The quantitative estimate of drug-likeness (QED) is 0.344. The number of ether oxygens (including phenoxy) is 1. The zero-order chi connectivity index (χ0) is 22.5. The highest BCUT2D eigenvalue weighted by atomic mass is 35.5. The number of nitrogens with one attached hydrogen (secondary N) is 1. The second kappa shape index (κ2) is 9.57. The second-order valence-corrected chi connectivity index (χ2v) is 7.48. The SMILES string of the molecule is Cc1nn(-c2ccccc2)c(C)c1C(=O)C(=O)OCC(=O)NC(C)c1ccc(Cl)cc1. The number of benzene rings is 2. The van der Waals surface area contributed by atoms with E-state index in [2.05, 4.69) is 10.4 Å². The van der Waals surface area contributed by atoms with E-state index in [1.54, 1.807) is 49.7 Å². The molecule has 2 aromatic carbocycles. The van der Waals surface area contributed by atoms with Crippen LogP contribution in [0.5, 0.6) is 0 Å². The number of para-hydroxylation sites is 1. The number of esters is 1. The lowest BCUT2D eigenvalue weighted by molar-refractivity contribution is -0.144. The number of rotatable bonds is 7. The molecule has 3 rings (SSSR count). The minimum atomic E-state index is -1.10. The number of halogens is 1. The molecule has 31 heavy (non-hydrogen) atoms. The third kappa shape index (κ3) is 5.19. The summed E-state index contributed by atoms with van der Waals surface area (Å²) < 4.78 is 6.54. The number of amides is 1. The Kier molecular flexibility index (Phi) is 6.87. The van der Waals surface area contributed by atoms with Crippen molar-refractivity contribution < 1.29 is 19.1 Å². The Bertz CT molecular complexity index is 1110. The van der Waals surface area contributed by atoms with E-state index in [0.29, 0.717) is 16.4 Å². The number of hydrogen-bond acceptors (Lipinski definition) is 5. The molecule has 1 heterocycles. The largest absolute Gasteiger partial charge is 0.450 e. The first kappa shape index (κ1) is 22.2. The highest BCUT2D eigenvalue weighted by Crippen LogP contribution is 2.19. The summed E-state index contributed by atoms with van der Waals surface area (Å²) in [6.07, 6.45) is 0. The molecule has 1 N–H and O–H groups in total. The summed E-state index contributed by atoms with van der Waals surface area (Å²) in [5.41, 5.74) is 2.71. The van der Waals surface area contributed by atoms with Crippen molar-refractivity contribution in [2.24, 2.45) is 0 Å². The van der Waals surface area contributed by atoms with Crippen LogP contribution in [0, 0.1) is 13.8 Å². The number of ketones is 1. The Labute approximate surface area is 185 Å². The monoisotopic (exact) mass is 439 g/mol. The van der Waals surface area contributed by atoms with E-state index >= 15 is 0 Å². The molecule has 0 bridgehead atoms. The maximum absolute atomic E-state index is 12.6. The number of hydrogen-bond donors (Lipinski definition) is 1. The van der Waals surface area contributed by atoms with Gasteiger partial charge in [0.25, 0.3) is 11.7 Å². The van der Waals surface area contributed by atoms with Crippen molar-refractivity contribution >= 4 is 29.3 Å². The van der Waals surface area contributed by atoms with Crippen LogP contribution in [0.4, 0.5) is 0 Å². The van der Waals surface area contributed by atoms with Gasteiger partial charge in [-0.1, -0.05) is 41.9 Å². The van der Waals surface area contributed by atoms with E-state index in [4.69, 9.17) is 16.3 Å². The summed E-state index contributed by atoms with van der Waals surface area (Å²) in [6, 6.07) is 16.0. The molecule has 1 amide bonds. The number of nitrogens with zero attached hydrogens (tertiary/aromatic N) is 2. The van der Waals surface area contributed by atoms with Crippen LogP contribution in [0.25, 0.3) is 5.69 Å². The number of carbonyl (C=O) groups excluding carboxylic acids is 3. The van der Waals surface area contributed by atoms with Crippen LogP contribution in [0.15, 0.2) is 54.6 Å². The highest BCUT2D eigenvalue weighted by molar-refractivity contribution is 6.41. The van der Waals surface area contributed by atoms with Crippen LogP contribution in [-0.4, -0.2) is 34.0 Å². The highest BCUT2D eigenvalue weighted by Gasteiger charge is 2.27. The van der Waals surface area contributed by atoms with Gasteiger partial charge in [-0.3, -0.25) is 9.59 Å². The zero-order valence-electron chi connectivity index (χ0n) is 17.4. The molecule has 1 atom stereocenters. The summed E-state index contributed by atoms with van der Waals surface area (Å²) in [4.78, 5) is 37.1. The van der Waals surface area contributed by atoms with E-state index < -0.39 is 24.3 Å². The van der Waals surface area contributed by atoms with Crippen molar-refractivity contribution in [2.75, 3.05) is 6.61 Å². The lowest BCUT2D eigenvalue weighted by Gasteiger charge is -2.14. The molecule has 0 fully saturated rings. The fraction of sp³-hybridized carbons (Fsp3) is 0.217. The third-order valence-corrected chi connectivity index (χ3v) is 5.04. The normalized spacial score (nSPS) is 11.6. The van der Waals surface area contributed by atoms with Crippen molar-refractivity contribution in [1.29, 1.82) is 0 Å². The molecule has 1 aromatic heterocycles. The van der Waals surface area contributed by atoms with Gasteiger partial charge < -0.3 is 10.1 Å². The van der Waals surface area contributed by atoms with Crippen molar-refractivity contribution in [2.45, 2.75) is 26.8 Å². The van der Waals surface area contributed by atoms with Gasteiger partial charge in [0, 0.05) is 5.02 Å². The lowest BCUT2D eigenvalue weighted by atomic mass is 10.1. The molecular weight excluding hydrogens is 418 g/mol. The van der Waals surface area contributed by atoms with Gasteiger partial charge in [-0.2, -0.15) is 5.10 Å². The van der Waals surface area contributed by atoms with Gasteiger partial charge in [-0.05, 0) is 50.6 Å². The predicted molar refractivity (Wildman–Crippen MR) is 116 cm³/mol. The van der Waals surface area contributed by atoms with Crippen molar-refractivity contribution in [3.63, 3.8) is 0 Å². The minimum absolute atomic E-state index is 0.170. The van der Waals surface area contributed by atoms with Crippen molar-refractivity contribution in [3.05, 3.63) is 82.1 Å². The van der Waals surface area contributed by atoms with Crippen molar-refractivity contribution in [1.82, 2.24) is 15.1 Å². The van der Waals surface area contributed by atoms with Gasteiger partial charge >= 0.3 is 5.97 Å². The van der Waals surface area contributed by atoms with E-state index in [0.717, 1.165) is 11.3 Å². The third-order valence-electron chi connectivity index (χ3n) is 4.79. The summed E-state index contributed by atoms with van der Waals surface area (Å²) >= 11 is 5.86. The van der Waals surface area contributed by atoms with Crippen LogP contribution in [-0.2, 0) is 14.3 Å². The molecule has 0 saturated heterocycles. The predicted octanol–water partition coefficient (Wildman–Crippen LogP) is 3.75. The number of carbonyl (C=O) groups is 3. The van der Waals surface area contributed by atoms with E-state index in [9.17, 15) is 14.4 Å². The van der Waals surface area contributed by atoms with E-state index in [1.165, 1.54) is 0 Å². The van der Waals surface area contributed by atoms with E-state index in [1.807, 2.05) is 30.3 Å². The molecule has 0 radical (unpaired) electrons. The fourth-order valence-corrected chi connectivity index (χ4v) is 3.33. The molecule has 1 unspecified atom stereocenters. The smallest absolute Gasteiger partial charge is 0.380 e. The van der Waals surface area contributed by atoms with Crippen LogP contribution < -0.4 is 5.32 Å². The molecule has 7 nitrogen and oxygen atoms in total.